The molecule has 0 bridgehead atoms. The third-order valence-electron chi connectivity index (χ3n) is 4.62. The molecule has 4 rings (SSSR count). The number of para-hydroxylation sites is 2. The summed E-state index contributed by atoms with van der Waals surface area (Å²) in [6.07, 6.45) is 0.786. The molecule has 4 nitrogen and oxygen atoms in total. The molecule has 3 N–H and O–H groups in total. The van der Waals surface area contributed by atoms with Gasteiger partial charge >= 0.3 is 0 Å². The van der Waals surface area contributed by atoms with Crippen LogP contribution in [0.2, 0.25) is 0 Å². The minimum Gasteiger partial charge on any atom is -0.359 e. The van der Waals surface area contributed by atoms with Crippen molar-refractivity contribution in [3.05, 3.63) is 102 Å². The van der Waals surface area contributed by atoms with E-state index in [1.165, 1.54) is 11.1 Å². The van der Waals surface area contributed by atoms with Crippen molar-refractivity contribution in [2.75, 3.05) is 0 Å². The van der Waals surface area contributed by atoms with E-state index in [2.05, 4.69) is 52.0 Å². The summed E-state index contributed by atoms with van der Waals surface area (Å²) in [7, 11) is 0. The molecule has 1 heterocycles. The van der Waals surface area contributed by atoms with Gasteiger partial charge in [0.05, 0.1) is 17.1 Å². The van der Waals surface area contributed by atoms with Gasteiger partial charge in [-0.15, -0.1) is 0 Å². The second-order valence-electron chi connectivity index (χ2n) is 6.69. The van der Waals surface area contributed by atoms with Crippen molar-refractivity contribution in [3.8, 4) is 0 Å². The Bertz CT molecular complexity index is 1010. The molecule has 0 saturated heterocycles. The Morgan fingerprint density at radius 3 is 2.21 bits per heavy atom. The topological polar surface area (TPSA) is 52.7 Å². The Balaban J connectivity index is 1.51. The van der Waals surface area contributed by atoms with Crippen LogP contribution in [0, 0.1) is 0 Å². The van der Waals surface area contributed by atoms with E-state index in [0.29, 0.717) is 11.7 Å². The number of hydrogen-bond acceptors (Lipinski definition) is 2. The number of rotatable bonds is 6. The van der Waals surface area contributed by atoms with Gasteiger partial charge in [0.15, 0.2) is 5.11 Å². The molecule has 3 aromatic carbocycles. The molecular weight excluding hydrogens is 364 g/mol. The summed E-state index contributed by atoms with van der Waals surface area (Å²) in [6, 6.07) is 28.6. The molecule has 4 aromatic rings. The second-order valence-corrected chi connectivity index (χ2v) is 7.10. The lowest BCUT2D eigenvalue weighted by Crippen LogP contribution is -2.38. The van der Waals surface area contributed by atoms with Crippen LogP contribution in [0.4, 0.5) is 0 Å². The van der Waals surface area contributed by atoms with Gasteiger partial charge in [0, 0.05) is 6.54 Å². The van der Waals surface area contributed by atoms with Gasteiger partial charge in [-0.1, -0.05) is 72.8 Å². The molecule has 1 atom stereocenters. The molecule has 0 aliphatic heterocycles. The van der Waals surface area contributed by atoms with Crippen LogP contribution in [-0.2, 0) is 13.0 Å². The fourth-order valence-corrected chi connectivity index (χ4v) is 3.41. The third-order valence-corrected chi connectivity index (χ3v) is 4.88. The van der Waals surface area contributed by atoms with E-state index < -0.39 is 0 Å². The van der Waals surface area contributed by atoms with E-state index >= 15 is 0 Å². The van der Waals surface area contributed by atoms with Gasteiger partial charge in [-0.05, 0) is 41.9 Å². The summed E-state index contributed by atoms with van der Waals surface area (Å²) in [5, 5.41) is 7.35. The van der Waals surface area contributed by atoms with E-state index in [4.69, 9.17) is 17.2 Å². The Labute approximate surface area is 170 Å². The number of benzene rings is 3. The lowest BCUT2D eigenvalue weighted by molar-refractivity contribution is 0.602. The van der Waals surface area contributed by atoms with E-state index in [9.17, 15) is 0 Å². The van der Waals surface area contributed by atoms with Gasteiger partial charge < -0.3 is 15.6 Å². The molecule has 0 amide bonds. The maximum atomic E-state index is 5.56. The maximum Gasteiger partial charge on any atom is 0.167 e. The van der Waals surface area contributed by atoms with Gasteiger partial charge in [-0.25, -0.2) is 4.98 Å². The van der Waals surface area contributed by atoms with Gasteiger partial charge in [0.25, 0.3) is 0 Å². The van der Waals surface area contributed by atoms with Gasteiger partial charge in [-0.2, -0.15) is 0 Å². The first-order valence-corrected chi connectivity index (χ1v) is 9.75. The predicted molar refractivity (Wildman–Crippen MR) is 118 cm³/mol. The average molecular weight is 387 g/mol. The molecule has 0 unspecified atom stereocenters. The Morgan fingerprint density at radius 2 is 1.50 bits per heavy atom. The summed E-state index contributed by atoms with van der Waals surface area (Å²) >= 11 is 5.56. The van der Waals surface area contributed by atoms with E-state index in [-0.39, 0.29) is 6.04 Å². The van der Waals surface area contributed by atoms with Crippen LogP contribution >= 0.6 is 12.2 Å². The molecular formula is C23H22N4S. The lowest BCUT2D eigenvalue weighted by Gasteiger charge is -2.19. The molecule has 0 aliphatic rings. The molecule has 1 aromatic heterocycles. The van der Waals surface area contributed by atoms with Crippen LogP contribution in [0.25, 0.3) is 11.0 Å². The van der Waals surface area contributed by atoms with Crippen molar-refractivity contribution in [1.82, 2.24) is 20.6 Å². The molecule has 0 spiro atoms. The average Bonchev–Trinajstić information content (AvgIpc) is 3.18. The normalized spacial score (nSPS) is 11.9. The zero-order valence-corrected chi connectivity index (χ0v) is 16.2. The van der Waals surface area contributed by atoms with Crippen molar-refractivity contribution in [1.29, 1.82) is 0 Å². The van der Waals surface area contributed by atoms with Crippen LogP contribution < -0.4 is 10.6 Å². The number of hydrogen-bond donors (Lipinski definition) is 3. The van der Waals surface area contributed by atoms with E-state index in [1.807, 2.05) is 48.5 Å². The summed E-state index contributed by atoms with van der Waals surface area (Å²) in [5.41, 5.74) is 4.40. The van der Waals surface area contributed by atoms with Crippen LogP contribution in [0.3, 0.4) is 0 Å². The number of aromatic nitrogens is 2. The van der Waals surface area contributed by atoms with Crippen molar-refractivity contribution in [3.63, 3.8) is 0 Å². The fourth-order valence-electron chi connectivity index (χ4n) is 3.19. The first kappa shape index (κ1) is 18.2. The standard InChI is InChI=1S/C23H22N4S/c28-23(24-16-18-11-5-2-6-12-18)27-21(15-17-9-3-1-4-10-17)22-25-19-13-7-8-14-20(19)26-22/h1-14,21H,15-16H2,(H,25,26)(H2,24,27,28)/t21-/m1/s1. The second kappa shape index (κ2) is 8.67. The van der Waals surface area contributed by atoms with Crippen LogP contribution in [0.1, 0.15) is 23.0 Å². The van der Waals surface area contributed by atoms with Crippen molar-refractivity contribution < 1.29 is 0 Å². The van der Waals surface area contributed by atoms with Gasteiger partial charge in [0.2, 0.25) is 0 Å². The quantitative estimate of drug-likeness (QED) is 0.427. The first-order chi connectivity index (χ1) is 13.8. The van der Waals surface area contributed by atoms with Crippen LogP contribution in [-0.4, -0.2) is 15.1 Å². The third kappa shape index (κ3) is 4.56. The predicted octanol–water partition coefficient (Wildman–Crippen LogP) is 4.51. The monoisotopic (exact) mass is 386 g/mol. The Hall–Kier alpha value is -3.18. The highest BCUT2D eigenvalue weighted by Crippen LogP contribution is 2.20. The molecule has 0 fully saturated rings. The number of thiocarbonyl (C=S) groups is 1. The molecule has 5 heteroatoms. The highest BCUT2D eigenvalue weighted by molar-refractivity contribution is 7.80. The van der Waals surface area contributed by atoms with Gasteiger partial charge in [0.1, 0.15) is 5.82 Å². The first-order valence-electron chi connectivity index (χ1n) is 9.35. The Kier molecular flexibility index (Phi) is 5.64. The van der Waals surface area contributed by atoms with Crippen molar-refractivity contribution in [2.24, 2.45) is 0 Å². The number of aromatic amines is 1. The zero-order chi connectivity index (χ0) is 19.2. The maximum absolute atomic E-state index is 5.56. The van der Waals surface area contributed by atoms with Crippen molar-refractivity contribution >= 4 is 28.4 Å². The van der Waals surface area contributed by atoms with Crippen LogP contribution in [0.5, 0.6) is 0 Å². The number of nitrogens with one attached hydrogen (secondary N) is 3. The minimum atomic E-state index is -0.0504. The van der Waals surface area contributed by atoms with E-state index in [0.717, 1.165) is 23.3 Å². The summed E-state index contributed by atoms with van der Waals surface area (Å²) in [6.45, 7) is 0.685. The summed E-state index contributed by atoms with van der Waals surface area (Å²) in [5.74, 6) is 0.883. The number of fused-ring (bicyclic) bond motifs is 1. The van der Waals surface area contributed by atoms with Gasteiger partial charge in [-0.3, -0.25) is 0 Å². The SMILES string of the molecule is S=C(NCc1ccccc1)N[C@H](Cc1ccccc1)c1nc2ccccc2[nH]1. The molecule has 28 heavy (non-hydrogen) atoms. The highest BCUT2D eigenvalue weighted by Gasteiger charge is 2.17. The van der Waals surface area contributed by atoms with Crippen LogP contribution in [0.15, 0.2) is 84.9 Å². The lowest BCUT2D eigenvalue weighted by atomic mass is 10.1. The fraction of sp³-hybridized carbons (Fsp3) is 0.130. The van der Waals surface area contributed by atoms with Crippen molar-refractivity contribution in [2.45, 2.75) is 19.0 Å². The largest absolute Gasteiger partial charge is 0.359 e. The molecule has 0 aliphatic carbocycles. The van der Waals surface area contributed by atoms with E-state index in [1.54, 1.807) is 0 Å². The minimum absolute atomic E-state index is 0.0504. The molecule has 0 saturated carbocycles. The highest BCUT2D eigenvalue weighted by atomic mass is 32.1. The molecule has 0 radical (unpaired) electrons. The summed E-state index contributed by atoms with van der Waals surface area (Å²) < 4.78 is 0. The number of H-pyrrole nitrogens is 1. The molecule has 140 valence electrons. The zero-order valence-electron chi connectivity index (χ0n) is 15.4. The number of imidazole rings is 1. The Morgan fingerprint density at radius 1 is 0.857 bits per heavy atom. The number of nitrogens with zero attached hydrogens (tertiary/aromatic N) is 1. The summed E-state index contributed by atoms with van der Waals surface area (Å²) in [4.78, 5) is 8.21. The smallest absolute Gasteiger partial charge is 0.167 e.